The van der Waals surface area contributed by atoms with Gasteiger partial charge in [0.25, 0.3) is 0 Å². The molecule has 2 heteroatoms. The molecule has 2 nitrogen and oxygen atoms in total. The number of fused-ring (bicyclic) bond motifs is 1. The summed E-state index contributed by atoms with van der Waals surface area (Å²) in [6, 6.07) is 0.856. The first-order valence-corrected chi connectivity index (χ1v) is 5.41. The predicted octanol–water partition coefficient (Wildman–Crippen LogP) is 1.22. The number of hydrogen-bond acceptors (Lipinski definition) is 2. The highest BCUT2D eigenvalue weighted by Crippen LogP contribution is 2.17. The topological polar surface area (TPSA) is 15.3 Å². The highest BCUT2D eigenvalue weighted by Gasteiger charge is 2.21. The maximum absolute atomic E-state index is 3.53. The van der Waals surface area contributed by atoms with E-state index in [0.29, 0.717) is 0 Å². The van der Waals surface area contributed by atoms with Gasteiger partial charge < -0.3 is 5.32 Å². The second kappa shape index (κ2) is 4.24. The second-order valence-electron chi connectivity index (χ2n) is 4.10. The van der Waals surface area contributed by atoms with Crippen LogP contribution in [-0.2, 0) is 0 Å². The predicted molar refractivity (Wildman–Crippen MR) is 51.3 cm³/mol. The molecule has 0 saturated carbocycles. The van der Waals surface area contributed by atoms with Crippen molar-refractivity contribution in [2.45, 2.75) is 38.1 Å². The Morgan fingerprint density at radius 2 is 1.92 bits per heavy atom. The van der Waals surface area contributed by atoms with E-state index in [4.69, 9.17) is 0 Å². The molecule has 0 amide bonds. The van der Waals surface area contributed by atoms with Gasteiger partial charge in [-0.15, -0.1) is 0 Å². The van der Waals surface area contributed by atoms with Crippen molar-refractivity contribution in [2.24, 2.45) is 0 Å². The minimum absolute atomic E-state index is 0.856. The van der Waals surface area contributed by atoms with Crippen LogP contribution >= 0.6 is 0 Å². The van der Waals surface area contributed by atoms with Gasteiger partial charge in [0.05, 0.1) is 0 Å². The highest BCUT2D eigenvalue weighted by atomic mass is 15.2. The molecule has 0 bridgehead atoms. The van der Waals surface area contributed by atoms with E-state index in [9.17, 15) is 0 Å². The average molecular weight is 168 g/mol. The molecule has 2 aliphatic heterocycles. The van der Waals surface area contributed by atoms with Gasteiger partial charge in [0.15, 0.2) is 0 Å². The molecule has 70 valence electrons. The Labute approximate surface area is 75.3 Å². The Morgan fingerprint density at radius 1 is 1.00 bits per heavy atom. The molecule has 1 N–H and O–H groups in total. The van der Waals surface area contributed by atoms with Crippen molar-refractivity contribution in [3.05, 3.63) is 0 Å². The SMILES string of the molecule is C1CCC2CNCCCN2CC1. The molecule has 0 aromatic rings. The van der Waals surface area contributed by atoms with E-state index < -0.39 is 0 Å². The van der Waals surface area contributed by atoms with Crippen molar-refractivity contribution in [1.29, 1.82) is 0 Å². The number of rotatable bonds is 0. The summed E-state index contributed by atoms with van der Waals surface area (Å²) in [4.78, 5) is 2.70. The van der Waals surface area contributed by atoms with Crippen molar-refractivity contribution in [1.82, 2.24) is 10.2 Å². The van der Waals surface area contributed by atoms with Crippen LogP contribution in [0.1, 0.15) is 32.1 Å². The van der Waals surface area contributed by atoms with Crippen LogP contribution in [0.3, 0.4) is 0 Å². The third kappa shape index (κ3) is 1.99. The molecule has 1 atom stereocenters. The van der Waals surface area contributed by atoms with E-state index in [1.807, 2.05) is 0 Å². The van der Waals surface area contributed by atoms with Crippen molar-refractivity contribution in [3.63, 3.8) is 0 Å². The molecule has 0 aliphatic carbocycles. The van der Waals surface area contributed by atoms with Crippen LogP contribution in [0.15, 0.2) is 0 Å². The van der Waals surface area contributed by atoms with E-state index in [2.05, 4.69) is 10.2 Å². The summed E-state index contributed by atoms with van der Waals surface area (Å²) in [5, 5.41) is 3.53. The monoisotopic (exact) mass is 168 g/mol. The van der Waals surface area contributed by atoms with Gasteiger partial charge in [0, 0.05) is 12.6 Å². The number of hydrogen-bond donors (Lipinski definition) is 1. The lowest BCUT2D eigenvalue weighted by atomic mass is 10.1. The Morgan fingerprint density at radius 3 is 2.92 bits per heavy atom. The standard InChI is InChI=1S/C10H20N2/c1-2-5-10-9-11-6-4-8-12(10)7-3-1/h10-11H,1-9H2. The lowest BCUT2D eigenvalue weighted by molar-refractivity contribution is 0.214. The molecule has 0 aromatic heterocycles. The minimum Gasteiger partial charge on any atom is -0.315 e. The second-order valence-corrected chi connectivity index (χ2v) is 4.10. The first-order chi connectivity index (χ1) is 5.97. The van der Waals surface area contributed by atoms with E-state index in [-0.39, 0.29) is 0 Å². The van der Waals surface area contributed by atoms with Crippen LogP contribution in [0.5, 0.6) is 0 Å². The summed E-state index contributed by atoms with van der Waals surface area (Å²) < 4.78 is 0. The molecule has 0 spiro atoms. The van der Waals surface area contributed by atoms with Crippen LogP contribution < -0.4 is 5.32 Å². The van der Waals surface area contributed by atoms with Crippen molar-refractivity contribution >= 4 is 0 Å². The van der Waals surface area contributed by atoms with Crippen LogP contribution in [0.4, 0.5) is 0 Å². The van der Waals surface area contributed by atoms with Gasteiger partial charge in [-0.25, -0.2) is 0 Å². The molecule has 0 radical (unpaired) electrons. The maximum atomic E-state index is 3.53. The maximum Gasteiger partial charge on any atom is 0.0220 e. The van der Waals surface area contributed by atoms with Gasteiger partial charge in [0.1, 0.15) is 0 Å². The Balaban J connectivity index is 1.94. The minimum atomic E-state index is 0.856. The largest absolute Gasteiger partial charge is 0.315 e. The normalized spacial score (nSPS) is 33.5. The van der Waals surface area contributed by atoms with Crippen LogP contribution in [0, 0.1) is 0 Å². The zero-order valence-corrected chi connectivity index (χ0v) is 7.89. The Kier molecular flexibility index (Phi) is 3.01. The third-order valence-electron chi connectivity index (χ3n) is 3.18. The average Bonchev–Trinajstić information content (AvgIpc) is 2.38. The van der Waals surface area contributed by atoms with Crippen LogP contribution in [0.2, 0.25) is 0 Å². The van der Waals surface area contributed by atoms with Crippen molar-refractivity contribution in [3.8, 4) is 0 Å². The van der Waals surface area contributed by atoms with E-state index in [1.165, 1.54) is 58.3 Å². The zero-order chi connectivity index (χ0) is 8.23. The van der Waals surface area contributed by atoms with Gasteiger partial charge in [-0.3, -0.25) is 4.90 Å². The fourth-order valence-corrected chi connectivity index (χ4v) is 2.44. The third-order valence-corrected chi connectivity index (χ3v) is 3.18. The summed E-state index contributed by atoms with van der Waals surface area (Å²) in [6.45, 7) is 5.15. The van der Waals surface area contributed by atoms with Crippen molar-refractivity contribution in [2.75, 3.05) is 26.2 Å². The van der Waals surface area contributed by atoms with Gasteiger partial charge in [0.2, 0.25) is 0 Å². The molecule has 0 aromatic carbocycles. The summed E-state index contributed by atoms with van der Waals surface area (Å²) >= 11 is 0. The molecule has 2 aliphatic rings. The lowest BCUT2D eigenvalue weighted by Gasteiger charge is -2.26. The van der Waals surface area contributed by atoms with Crippen LogP contribution in [0.25, 0.3) is 0 Å². The fraction of sp³-hybridized carbons (Fsp3) is 1.00. The van der Waals surface area contributed by atoms with Gasteiger partial charge in [-0.05, 0) is 38.9 Å². The molecular formula is C10H20N2. The highest BCUT2D eigenvalue weighted by molar-refractivity contribution is 4.79. The van der Waals surface area contributed by atoms with Gasteiger partial charge in [-0.1, -0.05) is 12.8 Å². The quantitative estimate of drug-likeness (QED) is 0.585. The molecule has 2 saturated heterocycles. The van der Waals surface area contributed by atoms with Crippen molar-refractivity contribution < 1.29 is 0 Å². The lowest BCUT2D eigenvalue weighted by Crippen LogP contribution is -2.38. The van der Waals surface area contributed by atoms with E-state index >= 15 is 0 Å². The van der Waals surface area contributed by atoms with E-state index in [0.717, 1.165) is 6.04 Å². The summed E-state index contributed by atoms with van der Waals surface area (Å²) in [5.74, 6) is 0. The first-order valence-electron chi connectivity index (χ1n) is 5.41. The summed E-state index contributed by atoms with van der Waals surface area (Å²) in [7, 11) is 0. The van der Waals surface area contributed by atoms with Gasteiger partial charge in [-0.2, -0.15) is 0 Å². The molecule has 2 rings (SSSR count). The van der Waals surface area contributed by atoms with E-state index in [1.54, 1.807) is 0 Å². The molecule has 1 unspecified atom stereocenters. The molecular weight excluding hydrogens is 148 g/mol. The summed E-state index contributed by atoms with van der Waals surface area (Å²) in [5.41, 5.74) is 0. The van der Waals surface area contributed by atoms with Crippen LogP contribution in [-0.4, -0.2) is 37.1 Å². The zero-order valence-electron chi connectivity index (χ0n) is 7.89. The Hall–Kier alpha value is -0.0800. The smallest absolute Gasteiger partial charge is 0.0220 e. The Bertz CT molecular complexity index is 108. The number of nitrogens with one attached hydrogen (secondary N) is 1. The molecule has 12 heavy (non-hydrogen) atoms. The number of nitrogens with zero attached hydrogens (tertiary/aromatic N) is 1. The first kappa shape index (κ1) is 8.52. The van der Waals surface area contributed by atoms with Gasteiger partial charge >= 0.3 is 0 Å². The summed E-state index contributed by atoms with van der Waals surface area (Å²) in [6.07, 6.45) is 7.09. The fourth-order valence-electron chi connectivity index (χ4n) is 2.44. The molecule has 2 fully saturated rings. The molecule has 2 heterocycles.